The average molecular weight is 293 g/mol. The standard InChI is InChI=1S/C20H25N2/c1-14-11-12-17-18(13-14)22(20(3,4)5)19(21(17)6)16-10-8-7-9-15(16)2/h7-13H,1-6H3/q+1. The molecule has 0 aliphatic carbocycles. The maximum atomic E-state index is 2.47. The van der Waals surface area contributed by atoms with Gasteiger partial charge in [-0.05, 0) is 63.9 Å². The Labute approximate surface area is 133 Å². The first kappa shape index (κ1) is 14.8. The summed E-state index contributed by atoms with van der Waals surface area (Å²) in [5, 5.41) is 0. The molecule has 0 unspecified atom stereocenters. The van der Waals surface area contributed by atoms with Crippen LogP contribution in [0.15, 0.2) is 42.5 Å². The van der Waals surface area contributed by atoms with Crippen molar-refractivity contribution in [2.75, 3.05) is 0 Å². The second-order valence-corrected chi connectivity index (χ2v) is 7.20. The number of hydrogen-bond acceptors (Lipinski definition) is 0. The molecule has 3 aromatic rings. The summed E-state index contributed by atoms with van der Waals surface area (Å²) in [7, 11) is 2.17. The molecule has 0 saturated heterocycles. The van der Waals surface area contributed by atoms with E-state index in [0.29, 0.717) is 0 Å². The zero-order valence-electron chi connectivity index (χ0n) is 14.4. The van der Waals surface area contributed by atoms with Gasteiger partial charge in [0, 0.05) is 0 Å². The van der Waals surface area contributed by atoms with Crippen molar-refractivity contribution in [2.24, 2.45) is 7.05 Å². The predicted octanol–water partition coefficient (Wildman–Crippen LogP) is 4.50. The van der Waals surface area contributed by atoms with Crippen molar-refractivity contribution in [1.82, 2.24) is 4.57 Å². The van der Waals surface area contributed by atoms with E-state index in [4.69, 9.17) is 0 Å². The lowest BCUT2D eigenvalue weighted by Gasteiger charge is -2.19. The van der Waals surface area contributed by atoms with E-state index in [1.165, 1.54) is 33.5 Å². The van der Waals surface area contributed by atoms with Gasteiger partial charge >= 0.3 is 0 Å². The Kier molecular flexibility index (Phi) is 3.36. The number of hydrogen-bond donors (Lipinski definition) is 0. The van der Waals surface area contributed by atoms with E-state index >= 15 is 0 Å². The summed E-state index contributed by atoms with van der Waals surface area (Å²) in [4.78, 5) is 0. The van der Waals surface area contributed by atoms with Gasteiger partial charge in [0.25, 0.3) is 5.82 Å². The van der Waals surface area contributed by atoms with E-state index in [1.54, 1.807) is 0 Å². The first-order chi connectivity index (χ1) is 10.3. The van der Waals surface area contributed by atoms with Gasteiger partial charge in [0.1, 0.15) is 5.54 Å². The Hall–Kier alpha value is -2.09. The lowest BCUT2D eigenvalue weighted by atomic mass is 10.0. The van der Waals surface area contributed by atoms with Crippen LogP contribution in [-0.2, 0) is 12.6 Å². The number of aromatic nitrogens is 2. The molecule has 2 nitrogen and oxygen atoms in total. The van der Waals surface area contributed by atoms with Crippen LogP contribution in [-0.4, -0.2) is 4.57 Å². The summed E-state index contributed by atoms with van der Waals surface area (Å²) in [6.45, 7) is 11.2. The maximum absolute atomic E-state index is 2.47. The van der Waals surface area contributed by atoms with E-state index in [0.717, 1.165) is 0 Å². The first-order valence-corrected chi connectivity index (χ1v) is 7.88. The Balaban J connectivity index is 2.49. The number of benzene rings is 2. The highest BCUT2D eigenvalue weighted by molar-refractivity contribution is 5.78. The molecule has 22 heavy (non-hydrogen) atoms. The van der Waals surface area contributed by atoms with Crippen LogP contribution in [0, 0.1) is 13.8 Å². The van der Waals surface area contributed by atoms with Gasteiger partial charge in [-0.25, -0.2) is 9.13 Å². The van der Waals surface area contributed by atoms with E-state index in [1.807, 2.05) is 0 Å². The fourth-order valence-electron chi connectivity index (χ4n) is 3.28. The highest BCUT2D eigenvalue weighted by atomic mass is 15.2. The third-order valence-corrected chi connectivity index (χ3v) is 4.32. The fourth-order valence-corrected chi connectivity index (χ4v) is 3.28. The average Bonchev–Trinajstić information content (AvgIpc) is 2.72. The SMILES string of the molecule is Cc1ccc2c(c1)n(C(C)(C)C)c(-c1ccccc1C)[n+]2C. The number of fused-ring (bicyclic) bond motifs is 1. The van der Waals surface area contributed by atoms with Crippen molar-refractivity contribution in [3.8, 4) is 11.4 Å². The summed E-state index contributed by atoms with van der Waals surface area (Å²) < 4.78 is 4.79. The molecule has 0 fully saturated rings. The van der Waals surface area contributed by atoms with E-state index in [2.05, 4.69) is 93.3 Å². The van der Waals surface area contributed by atoms with Crippen LogP contribution in [0.25, 0.3) is 22.4 Å². The summed E-state index contributed by atoms with van der Waals surface area (Å²) in [5.41, 5.74) is 6.50. The highest BCUT2D eigenvalue weighted by Gasteiger charge is 2.32. The Morgan fingerprint density at radius 1 is 0.955 bits per heavy atom. The molecule has 1 aromatic heterocycles. The molecule has 2 aromatic carbocycles. The van der Waals surface area contributed by atoms with Crippen LogP contribution in [0.5, 0.6) is 0 Å². The molecule has 1 heterocycles. The third kappa shape index (κ3) is 2.23. The van der Waals surface area contributed by atoms with Crippen LogP contribution < -0.4 is 4.57 Å². The molecule has 2 heteroatoms. The van der Waals surface area contributed by atoms with Crippen LogP contribution in [0.3, 0.4) is 0 Å². The maximum Gasteiger partial charge on any atom is 0.290 e. The fraction of sp³-hybridized carbons (Fsp3) is 0.350. The van der Waals surface area contributed by atoms with Crippen molar-refractivity contribution in [3.63, 3.8) is 0 Å². The Bertz CT molecular complexity index is 848. The molecule has 0 N–H and O–H groups in total. The Morgan fingerprint density at radius 2 is 1.64 bits per heavy atom. The van der Waals surface area contributed by atoms with Gasteiger partial charge in [-0.1, -0.05) is 24.3 Å². The van der Waals surface area contributed by atoms with Gasteiger partial charge in [-0.2, -0.15) is 0 Å². The molecule has 0 radical (unpaired) electrons. The zero-order chi connectivity index (χ0) is 16.1. The van der Waals surface area contributed by atoms with Gasteiger partial charge in [-0.3, -0.25) is 0 Å². The van der Waals surface area contributed by atoms with Crippen LogP contribution in [0.4, 0.5) is 0 Å². The van der Waals surface area contributed by atoms with E-state index in [9.17, 15) is 0 Å². The topological polar surface area (TPSA) is 8.81 Å². The van der Waals surface area contributed by atoms with Crippen molar-refractivity contribution in [2.45, 2.75) is 40.2 Å². The predicted molar refractivity (Wildman–Crippen MR) is 93.0 cm³/mol. The van der Waals surface area contributed by atoms with E-state index in [-0.39, 0.29) is 5.54 Å². The van der Waals surface area contributed by atoms with Crippen molar-refractivity contribution in [3.05, 3.63) is 53.6 Å². The smallest absolute Gasteiger partial charge is 0.226 e. The minimum atomic E-state index is 0.0188. The van der Waals surface area contributed by atoms with Crippen LogP contribution in [0.2, 0.25) is 0 Å². The molecular formula is C20H25N2+. The molecule has 3 rings (SSSR count). The lowest BCUT2D eigenvalue weighted by molar-refractivity contribution is -0.634. The largest absolute Gasteiger partial charge is 0.290 e. The summed E-state index contributed by atoms with van der Waals surface area (Å²) in [6.07, 6.45) is 0. The molecule has 0 atom stereocenters. The molecule has 0 amide bonds. The number of aryl methyl sites for hydroxylation is 3. The van der Waals surface area contributed by atoms with Gasteiger partial charge in [0.05, 0.1) is 12.6 Å². The normalized spacial score (nSPS) is 12.1. The number of imidazole rings is 1. The van der Waals surface area contributed by atoms with Gasteiger partial charge in [-0.15, -0.1) is 0 Å². The second kappa shape index (κ2) is 4.98. The molecule has 114 valence electrons. The minimum absolute atomic E-state index is 0.0188. The second-order valence-electron chi connectivity index (χ2n) is 7.20. The quantitative estimate of drug-likeness (QED) is 0.584. The molecule has 0 aliphatic rings. The molecule has 0 spiro atoms. The molecule has 0 aliphatic heterocycles. The third-order valence-electron chi connectivity index (χ3n) is 4.32. The van der Waals surface area contributed by atoms with Crippen molar-refractivity contribution in [1.29, 1.82) is 0 Å². The Morgan fingerprint density at radius 3 is 2.27 bits per heavy atom. The summed E-state index contributed by atoms with van der Waals surface area (Å²) in [6, 6.07) is 15.4. The molecule has 0 bridgehead atoms. The number of rotatable bonds is 1. The van der Waals surface area contributed by atoms with Crippen molar-refractivity contribution < 1.29 is 4.57 Å². The first-order valence-electron chi connectivity index (χ1n) is 7.88. The van der Waals surface area contributed by atoms with Gasteiger partial charge < -0.3 is 0 Å². The monoisotopic (exact) mass is 293 g/mol. The molecule has 0 saturated carbocycles. The lowest BCUT2D eigenvalue weighted by Crippen LogP contribution is -2.33. The van der Waals surface area contributed by atoms with Gasteiger partial charge in [0.15, 0.2) is 11.0 Å². The number of nitrogens with zero attached hydrogens (tertiary/aromatic N) is 2. The summed E-state index contributed by atoms with van der Waals surface area (Å²) >= 11 is 0. The minimum Gasteiger partial charge on any atom is -0.226 e. The molecular weight excluding hydrogens is 268 g/mol. The van der Waals surface area contributed by atoms with Crippen molar-refractivity contribution >= 4 is 11.0 Å². The van der Waals surface area contributed by atoms with Crippen LogP contribution in [0.1, 0.15) is 31.9 Å². The zero-order valence-corrected chi connectivity index (χ0v) is 14.4. The van der Waals surface area contributed by atoms with E-state index < -0.39 is 0 Å². The van der Waals surface area contributed by atoms with Gasteiger partial charge in [0.2, 0.25) is 0 Å². The summed E-state index contributed by atoms with van der Waals surface area (Å²) in [5.74, 6) is 1.27. The van der Waals surface area contributed by atoms with Crippen LogP contribution >= 0.6 is 0 Å². The highest BCUT2D eigenvalue weighted by Crippen LogP contribution is 2.31.